The van der Waals surface area contributed by atoms with E-state index in [1.807, 2.05) is 18.3 Å². The Bertz CT molecular complexity index is 554. The van der Waals surface area contributed by atoms with Gasteiger partial charge in [-0.05, 0) is 44.5 Å². The Morgan fingerprint density at radius 2 is 2.11 bits per heavy atom. The summed E-state index contributed by atoms with van der Waals surface area (Å²) in [6.07, 6.45) is 6.20. The van der Waals surface area contributed by atoms with Crippen molar-refractivity contribution >= 4 is 11.5 Å². The molecule has 5 heteroatoms. The number of fused-ring (bicyclic) bond motifs is 1. The van der Waals surface area contributed by atoms with Crippen LogP contribution in [0.3, 0.4) is 0 Å². The third-order valence-electron chi connectivity index (χ3n) is 4.15. The molecule has 102 valence electrons. The summed E-state index contributed by atoms with van der Waals surface area (Å²) in [6, 6.07) is 3.90. The van der Waals surface area contributed by atoms with Crippen LogP contribution in [-0.2, 0) is 0 Å². The van der Waals surface area contributed by atoms with Crippen LogP contribution >= 0.6 is 0 Å². The minimum absolute atomic E-state index is 0.376. The molecule has 3 rings (SSSR count). The Morgan fingerprint density at radius 3 is 2.89 bits per heavy atom. The molecule has 1 aliphatic rings. The summed E-state index contributed by atoms with van der Waals surface area (Å²) >= 11 is 0. The van der Waals surface area contributed by atoms with Gasteiger partial charge >= 0.3 is 0 Å². The average Bonchev–Trinajstić information content (AvgIpc) is 2.88. The lowest BCUT2D eigenvalue weighted by atomic mass is 9.80. The fourth-order valence-corrected chi connectivity index (χ4v) is 2.55. The lowest BCUT2D eigenvalue weighted by Gasteiger charge is -2.38. The Kier molecular flexibility index (Phi) is 3.14. The van der Waals surface area contributed by atoms with E-state index in [-0.39, 0.29) is 0 Å². The first kappa shape index (κ1) is 12.4. The van der Waals surface area contributed by atoms with Crippen molar-refractivity contribution < 1.29 is 0 Å². The fraction of sp³-hybridized carbons (Fsp3) is 0.571. The van der Waals surface area contributed by atoms with E-state index in [9.17, 15) is 0 Å². The first-order chi connectivity index (χ1) is 9.15. The highest BCUT2D eigenvalue weighted by Gasteiger charge is 2.28. The molecule has 0 aromatic carbocycles. The Hall–Kier alpha value is -1.62. The molecule has 0 saturated carbocycles. The van der Waals surface area contributed by atoms with Crippen LogP contribution < -0.4 is 5.32 Å². The van der Waals surface area contributed by atoms with E-state index in [1.165, 1.54) is 25.9 Å². The van der Waals surface area contributed by atoms with Crippen LogP contribution in [0.5, 0.6) is 0 Å². The molecule has 0 atom stereocenters. The summed E-state index contributed by atoms with van der Waals surface area (Å²) in [5.74, 6) is 0.938. The molecule has 0 amide bonds. The third-order valence-corrected chi connectivity index (χ3v) is 4.15. The second-order valence-electron chi connectivity index (χ2n) is 5.91. The normalized spacial score (nSPS) is 19.7. The topological polar surface area (TPSA) is 45.5 Å². The minimum Gasteiger partial charge on any atom is -0.369 e. The quantitative estimate of drug-likeness (QED) is 0.914. The average molecular weight is 259 g/mol. The first-order valence-corrected chi connectivity index (χ1v) is 6.88. The van der Waals surface area contributed by atoms with E-state index < -0.39 is 0 Å². The van der Waals surface area contributed by atoms with E-state index in [2.05, 4.69) is 34.3 Å². The van der Waals surface area contributed by atoms with E-state index in [0.717, 1.165) is 18.0 Å². The van der Waals surface area contributed by atoms with Crippen molar-refractivity contribution in [1.82, 2.24) is 19.5 Å². The van der Waals surface area contributed by atoms with Crippen LogP contribution in [0, 0.1) is 5.41 Å². The first-order valence-electron chi connectivity index (χ1n) is 6.88. The second-order valence-corrected chi connectivity index (χ2v) is 5.91. The molecule has 2 aromatic heterocycles. The van der Waals surface area contributed by atoms with Gasteiger partial charge in [-0.2, -0.15) is 5.10 Å². The lowest BCUT2D eigenvalue weighted by molar-refractivity contribution is 0.150. The predicted octanol–water partition coefficient (Wildman–Crippen LogP) is 1.87. The molecule has 1 N–H and O–H groups in total. The van der Waals surface area contributed by atoms with Crippen LogP contribution in [0.15, 0.2) is 24.5 Å². The second kappa shape index (κ2) is 4.81. The molecule has 1 saturated heterocycles. The van der Waals surface area contributed by atoms with Crippen molar-refractivity contribution in [2.24, 2.45) is 5.41 Å². The van der Waals surface area contributed by atoms with Gasteiger partial charge in [-0.1, -0.05) is 6.92 Å². The maximum absolute atomic E-state index is 4.54. The monoisotopic (exact) mass is 259 g/mol. The number of nitrogens with one attached hydrogen (secondary N) is 1. The number of rotatable bonds is 3. The number of likely N-dealkylation sites (tertiary alicyclic amines) is 1. The molecule has 0 radical (unpaired) electrons. The molecular weight excluding hydrogens is 238 g/mol. The summed E-state index contributed by atoms with van der Waals surface area (Å²) in [6.45, 7) is 5.73. The van der Waals surface area contributed by atoms with Crippen LogP contribution in [0.25, 0.3) is 5.65 Å². The summed E-state index contributed by atoms with van der Waals surface area (Å²) in [7, 11) is 2.20. The lowest BCUT2D eigenvalue weighted by Crippen LogP contribution is -2.40. The molecular formula is C14H21N5. The number of aromatic nitrogens is 3. The van der Waals surface area contributed by atoms with Gasteiger partial charge < -0.3 is 10.2 Å². The zero-order valence-electron chi connectivity index (χ0n) is 11.6. The number of hydrogen-bond donors (Lipinski definition) is 1. The summed E-state index contributed by atoms with van der Waals surface area (Å²) < 4.78 is 1.78. The number of nitrogens with zero attached hydrogens (tertiary/aromatic N) is 4. The fourth-order valence-electron chi connectivity index (χ4n) is 2.55. The van der Waals surface area contributed by atoms with Crippen LogP contribution in [0.2, 0.25) is 0 Å². The Morgan fingerprint density at radius 1 is 1.32 bits per heavy atom. The Labute approximate surface area is 113 Å². The van der Waals surface area contributed by atoms with E-state index in [4.69, 9.17) is 0 Å². The molecule has 1 fully saturated rings. The maximum Gasteiger partial charge on any atom is 0.157 e. The van der Waals surface area contributed by atoms with Crippen molar-refractivity contribution in [2.45, 2.75) is 19.8 Å². The largest absolute Gasteiger partial charge is 0.369 e. The molecule has 0 bridgehead atoms. The van der Waals surface area contributed by atoms with Gasteiger partial charge in [-0.25, -0.2) is 9.50 Å². The highest BCUT2D eigenvalue weighted by atomic mass is 15.2. The minimum atomic E-state index is 0.376. The summed E-state index contributed by atoms with van der Waals surface area (Å²) in [5.41, 5.74) is 1.26. The van der Waals surface area contributed by atoms with Gasteiger partial charge in [-0.15, -0.1) is 0 Å². The number of piperidine rings is 1. The zero-order valence-corrected chi connectivity index (χ0v) is 11.6. The number of hydrogen-bond acceptors (Lipinski definition) is 4. The summed E-state index contributed by atoms with van der Waals surface area (Å²) in [4.78, 5) is 6.95. The van der Waals surface area contributed by atoms with Gasteiger partial charge in [0.25, 0.3) is 0 Å². The van der Waals surface area contributed by atoms with Crippen molar-refractivity contribution in [3.05, 3.63) is 24.5 Å². The number of anilines is 1. The van der Waals surface area contributed by atoms with Gasteiger partial charge in [-0.3, -0.25) is 0 Å². The molecule has 5 nitrogen and oxygen atoms in total. The van der Waals surface area contributed by atoms with E-state index in [0.29, 0.717) is 5.41 Å². The van der Waals surface area contributed by atoms with E-state index >= 15 is 0 Å². The van der Waals surface area contributed by atoms with Gasteiger partial charge in [0, 0.05) is 18.8 Å². The molecule has 0 aliphatic carbocycles. The van der Waals surface area contributed by atoms with Crippen molar-refractivity contribution in [3.8, 4) is 0 Å². The van der Waals surface area contributed by atoms with Crippen LogP contribution in [0.4, 0.5) is 5.82 Å². The van der Waals surface area contributed by atoms with Gasteiger partial charge in [0.15, 0.2) is 5.65 Å². The van der Waals surface area contributed by atoms with Gasteiger partial charge in [0.05, 0.1) is 6.20 Å². The smallest absolute Gasteiger partial charge is 0.157 e. The van der Waals surface area contributed by atoms with Crippen molar-refractivity contribution in [1.29, 1.82) is 0 Å². The highest BCUT2D eigenvalue weighted by molar-refractivity contribution is 5.45. The molecule has 3 heterocycles. The van der Waals surface area contributed by atoms with E-state index in [1.54, 1.807) is 10.7 Å². The zero-order chi connectivity index (χ0) is 13.3. The van der Waals surface area contributed by atoms with Crippen molar-refractivity contribution in [2.75, 3.05) is 32.0 Å². The van der Waals surface area contributed by atoms with Crippen LogP contribution in [0.1, 0.15) is 19.8 Å². The third kappa shape index (κ3) is 2.71. The van der Waals surface area contributed by atoms with Crippen molar-refractivity contribution in [3.63, 3.8) is 0 Å². The summed E-state index contributed by atoms with van der Waals surface area (Å²) in [5, 5.41) is 7.63. The molecule has 0 unspecified atom stereocenters. The highest BCUT2D eigenvalue weighted by Crippen LogP contribution is 2.30. The van der Waals surface area contributed by atoms with Gasteiger partial charge in [0.2, 0.25) is 0 Å². The van der Waals surface area contributed by atoms with Gasteiger partial charge in [0.1, 0.15) is 5.82 Å². The molecule has 19 heavy (non-hydrogen) atoms. The predicted molar refractivity (Wildman–Crippen MR) is 76.3 cm³/mol. The standard InChI is InChI=1S/C14H21N5/c1-14(5-9-18(2)10-6-14)11-15-12-4-8-19-13(17-12)3-7-16-19/h3-4,7-8H,5-6,9-11H2,1-2H3,(H,15,17). The molecule has 1 aliphatic heterocycles. The molecule has 2 aromatic rings. The Balaban J connectivity index is 1.65. The van der Waals surface area contributed by atoms with Crippen LogP contribution in [-0.4, -0.2) is 46.2 Å². The SMILES string of the molecule is CN1CCC(C)(CNc2ccn3nccc3n2)CC1. The maximum atomic E-state index is 4.54. The molecule has 0 spiro atoms.